The highest BCUT2D eigenvalue weighted by Crippen LogP contribution is 2.31. The van der Waals surface area contributed by atoms with Gasteiger partial charge in [0, 0.05) is 40.9 Å². The van der Waals surface area contributed by atoms with E-state index in [4.69, 9.17) is 11.6 Å². The molecular formula is C15H19BrClN3. The monoisotopic (exact) mass is 355 g/mol. The second-order valence-electron chi connectivity index (χ2n) is 5.90. The lowest BCUT2D eigenvalue weighted by atomic mass is 10.1. The summed E-state index contributed by atoms with van der Waals surface area (Å²) < 4.78 is 2.80. The highest BCUT2D eigenvalue weighted by atomic mass is 79.9. The van der Waals surface area contributed by atoms with Crippen LogP contribution in [0, 0.1) is 0 Å². The maximum absolute atomic E-state index is 6.34. The van der Waals surface area contributed by atoms with Gasteiger partial charge in [-0.05, 0) is 32.9 Å². The van der Waals surface area contributed by atoms with Gasteiger partial charge >= 0.3 is 0 Å². The van der Waals surface area contributed by atoms with Crippen molar-refractivity contribution in [3.8, 4) is 11.3 Å². The number of rotatable bonds is 3. The van der Waals surface area contributed by atoms with Gasteiger partial charge in [0.1, 0.15) is 0 Å². The highest BCUT2D eigenvalue weighted by Gasteiger charge is 2.16. The number of aryl methyl sites for hydroxylation is 1. The van der Waals surface area contributed by atoms with E-state index >= 15 is 0 Å². The van der Waals surface area contributed by atoms with Crippen molar-refractivity contribution < 1.29 is 0 Å². The molecule has 0 saturated carbocycles. The summed E-state index contributed by atoms with van der Waals surface area (Å²) in [5.74, 6) is 0. The van der Waals surface area contributed by atoms with Crippen molar-refractivity contribution in [2.24, 2.45) is 7.05 Å². The molecule has 20 heavy (non-hydrogen) atoms. The van der Waals surface area contributed by atoms with Crippen LogP contribution in [0.5, 0.6) is 0 Å². The Morgan fingerprint density at radius 1 is 1.35 bits per heavy atom. The summed E-state index contributed by atoms with van der Waals surface area (Å²) in [6.07, 6.45) is 2.03. The van der Waals surface area contributed by atoms with Crippen molar-refractivity contribution in [1.82, 2.24) is 15.1 Å². The molecule has 3 nitrogen and oxygen atoms in total. The molecule has 0 aliphatic carbocycles. The molecule has 2 rings (SSSR count). The lowest BCUT2D eigenvalue weighted by Crippen LogP contribution is -2.35. The van der Waals surface area contributed by atoms with Gasteiger partial charge in [0.15, 0.2) is 0 Å². The average molecular weight is 357 g/mol. The summed E-state index contributed by atoms with van der Waals surface area (Å²) in [6, 6.07) is 5.87. The molecule has 0 saturated heterocycles. The third-order valence-corrected chi connectivity index (χ3v) is 3.71. The molecule has 1 aromatic carbocycles. The minimum Gasteiger partial charge on any atom is -0.308 e. The molecule has 5 heteroatoms. The molecule has 2 aromatic rings. The van der Waals surface area contributed by atoms with Crippen molar-refractivity contribution in [3.05, 3.63) is 39.5 Å². The number of aromatic nitrogens is 2. The van der Waals surface area contributed by atoms with Crippen molar-refractivity contribution in [2.75, 3.05) is 0 Å². The van der Waals surface area contributed by atoms with E-state index in [2.05, 4.69) is 47.1 Å². The molecule has 108 valence electrons. The molecular weight excluding hydrogens is 338 g/mol. The molecule has 0 fully saturated rings. The Balaban J connectivity index is 2.36. The van der Waals surface area contributed by atoms with Gasteiger partial charge in [-0.25, -0.2) is 0 Å². The SMILES string of the molecule is Cn1cc(CNC(C)(C)C)c(-c2ccc(Br)cc2Cl)n1. The molecule has 0 atom stereocenters. The lowest BCUT2D eigenvalue weighted by molar-refractivity contribution is 0.424. The fraction of sp³-hybridized carbons (Fsp3) is 0.400. The van der Waals surface area contributed by atoms with E-state index in [-0.39, 0.29) is 5.54 Å². The fourth-order valence-corrected chi connectivity index (χ4v) is 2.70. The van der Waals surface area contributed by atoms with Crippen LogP contribution in [0.1, 0.15) is 26.3 Å². The number of halogens is 2. The van der Waals surface area contributed by atoms with E-state index in [1.54, 1.807) is 0 Å². The van der Waals surface area contributed by atoms with E-state index in [1.165, 1.54) is 0 Å². The molecule has 1 N–H and O–H groups in total. The van der Waals surface area contributed by atoms with E-state index in [9.17, 15) is 0 Å². The normalized spacial score (nSPS) is 11.9. The minimum atomic E-state index is 0.0661. The average Bonchev–Trinajstić information content (AvgIpc) is 2.67. The first-order valence-corrected chi connectivity index (χ1v) is 7.66. The van der Waals surface area contributed by atoms with Crippen LogP contribution >= 0.6 is 27.5 Å². The first-order valence-electron chi connectivity index (χ1n) is 6.49. The van der Waals surface area contributed by atoms with E-state index in [0.717, 1.165) is 27.8 Å². The third-order valence-electron chi connectivity index (χ3n) is 2.90. The van der Waals surface area contributed by atoms with Crippen molar-refractivity contribution in [2.45, 2.75) is 32.9 Å². The number of hydrogen-bond donors (Lipinski definition) is 1. The second kappa shape index (κ2) is 5.88. The van der Waals surface area contributed by atoms with Crippen LogP contribution in [0.2, 0.25) is 5.02 Å². The predicted molar refractivity (Wildman–Crippen MR) is 87.9 cm³/mol. The molecule has 0 unspecified atom stereocenters. The van der Waals surface area contributed by atoms with Gasteiger partial charge < -0.3 is 5.32 Å². The summed E-state index contributed by atoms with van der Waals surface area (Å²) in [6.45, 7) is 7.21. The largest absolute Gasteiger partial charge is 0.308 e. The van der Waals surface area contributed by atoms with Crippen LogP contribution in [0.3, 0.4) is 0 Å². The van der Waals surface area contributed by atoms with Crippen molar-refractivity contribution in [1.29, 1.82) is 0 Å². The highest BCUT2D eigenvalue weighted by molar-refractivity contribution is 9.10. The summed E-state index contributed by atoms with van der Waals surface area (Å²) in [4.78, 5) is 0. The van der Waals surface area contributed by atoms with Crippen LogP contribution in [0.4, 0.5) is 0 Å². The fourth-order valence-electron chi connectivity index (χ4n) is 1.94. The van der Waals surface area contributed by atoms with E-state index in [1.807, 2.05) is 36.1 Å². The Morgan fingerprint density at radius 3 is 2.65 bits per heavy atom. The zero-order valence-corrected chi connectivity index (χ0v) is 14.5. The van der Waals surface area contributed by atoms with Gasteiger partial charge in [0.05, 0.1) is 10.7 Å². The Labute approximate surface area is 133 Å². The van der Waals surface area contributed by atoms with Gasteiger partial charge in [0.25, 0.3) is 0 Å². The number of nitrogens with zero attached hydrogens (tertiary/aromatic N) is 2. The van der Waals surface area contributed by atoms with Gasteiger partial charge in [-0.3, -0.25) is 4.68 Å². The summed E-state index contributed by atoms with van der Waals surface area (Å²) >= 11 is 9.76. The number of nitrogens with one attached hydrogen (secondary N) is 1. The Morgan fingerprint density at radius 2 is 2.05 bits per heavy atom. The van der Waals surface area contributed by atoms with Gasteiger partial charge in [-0.2, -0.15) is 5.10 Å². The second-order valence-corrected chi connectivity index (χ2v) is 7.23. The van der Waals surface area contributed by atoms with Crippen LogP contribution in [0.25, 0.3) is 11.3 Å². The zero-order chi connectivity index (χ0) is 14.9. The molecule has 0 radical (unpaired) electrons. The van der Waals surface area contributed by atoms with Gasteiger partial charge in [-0.1, -0.05) is 33.6 Å². The standard InChI is InChI=1S/C15H19BrClN3/c1-15(2,3)18-8-10-9-20(4)19-14(10)12-6-5-11(16)7-13(12)17/h5-7,9,18H,8H2,1-4H3. The summed E-state index contributed by atoms with van der Waals surface area (Å²) in [5.41, 5.74) is 3.10. The first kappa shape index (κ1) is 15.5. The molecule has 0 aliphatic rings. The van der Waals surface area contributed by atoms with E-state index < -0.39 is 0 Å². The maximum atomic E-state index is 6.34. The van der Waals surface area contributed by atoms with Gasteiger partial charge in [-0.15, -0.1) is 0 Å². The van der Waals surface area contributed by atoms with Crippen LogP contribution < -0.4 is 5.32 Å². The van der Waals surface area contributed by atoms with E-state index in [0.29, 0.717) is 5.02 Å². The third kappa shape index (κ3) is 3.84. The van der Waals surface area contributed by atoms with Crippen molar-refractivity contribution >= 4 is 27.5 Å². The minimum absolute atomic E-state index is 0.0661. The van der Waals surface area contributed by atoms with Gasteiger partial charge in [0.2, 0.25) is 0 Å². The molecule has 0 bridgehead atoms. The smallest absolute Gasteiger partial charge is 0.0982 e. The summed E-state index contributed by atoms with van der Waals surface area (Å²) in [7, 11) is 1.93. The molecule has 1 aromatic heterocycles. The predicted octanol–water partition coefficient (Wildman–Crippen LogP) is 4.39. The molecule has 0 spiro atoms. The van der Waals surface area contributed by atoms with Crippen LogP contribution in [-0.4, -0.2) is 15.3 Å². The topological polar surface area (TPSA) is 29.9 Å². The quantitative estimate of drug-likeness (QED) is 0.884. The van der Waals surface area contributed by atoms with Crippen LogP contribution in [0.15, 0.2) is 28.9 Å². The molecule has 1 heterocycles. The first-order chi connectivity index (χ1) is 9.26. The maximum Gasteiger partial charge on any atom is 0.0982 e. The Kier molecular flexibility index (Phi) is 4.57. The lowest BCUT2D eigenvalue weighted by Gasteiger charge is -2.20. The Hall–Kier alpha value is -0.840. The number of benzene rings is 1. The number of hydrogen-bond acceptors (Lipinski definition) is 2. The van der Waals surface area contributed by atoms with Crippen LogP contribution in [-0.2, 0) is 13.6 Å². The van der Waals surface area contributed by atoms with Crippen molar-refractivity contribution in [3.63, 3.8) is 0 Å². The summed E-state index contributed by atoms with van der Waals surface area (Å²) in [5, 5.41) is 8.74. The molecule has 0 amide bonds. The zero-order valence-electron chi connectivity index (χ0n) is 12.2. The molecule has 0 aliphatic heterocycles. The Bertz CT molecular complexity index is 614.